The molecule has 130 valence electrons. The lowest BCUT2D eigenvalue weighted by Crippen LogP contribution is -2.00. The van der Waals surface area contributed by atoms with E-state index in [0.717, 1.165) is 52.7 Å². The molecular weight excluding hydrogens is 316 g/mol. The van der Waals surface area contributed by atoms with Crippen LogP contribution in [0.1, 0.15) is 28.8 Å². The minimum absolute atomic E-state index is 0.290. The Kier molecular flexibility index (Phi) is 5.05. The van der Waals surface area contributed by atoms with Gasteiger partial charge in [0, 0.05) is 16.5 Å². The van der Waals surface area contributed by atoms with E-state index in [1.165, 1.54) is 0 Å². The van der Waals surface area contributed by atoms with E-state index >= 15 is 0 Å². The summed E-state index contributed by atoms with van der Waals surface area (Å²) in [6.45, 7) is 0.646. The molecular formula is C20H22N2O3. The number of hydrogen-bond acceptors (Lipinski definition) is 3. The molecule has 3 rings (SSSR count). The number of aromatic amines is 1. The molecule has 3 aromatic rings. The van der Waals surface area contributed by atoms with Crippen molar-refractivity contribution >= 4 is 16.9 Å². The van der Waals surface area contributed by atoms with Gasteiger partial charge in [0.1, 0.15) is 5.75 Å². The fourth-order valence-corrected chi connectivity index (χ4v) is 3.17. The molecule has 0 saturated carbocycles. The molecule has 5 nitrogen and oxygen atoms in total. The summed E-state index contributed by atoms with van der Waals surface area (Å²) >= 11 is 0. The van der Waals surface area contributed by atoms with Crippen LogP contribution in [-0.4, -0.2) is 29.7 Å². The van der Waals surface area contributed by atoms with Gasteiger partial charge in [0.05, 0.1) is 18.4 Å². The van der Waals surface area contributed by atoms with Crippen LogP contribution in [-0.2, 0) is 6.42 Å². The van der Waals surface area contributed by atoms with Gasteiger partial charge in [-0.05, 0) is 61.7 Å². The number of methoxy groups -OCH3 is 1. The van der Waals surface area contributed by atoms with Crippen LogP contribution in [0.25, 0.3) is 22.2 Å². The largest absolute Gasteiger partial charge is 0.496 e. The number of unbranched alkanes of at least 4 members (excludes halogenated alkanes) is 1. The zero-order valence-corrected chi connectivity index (χ0v) is 14.2. The van der Waals surface area contributed by atoms with Crippen LogP contribution in [0.2, 0.25) is 0 Å². The maximum atomic E-state index is 11.3. The molecule has 0 radical (unpaired) electrons. The topological polar surface area (TPSA) is 88.3 Å². The molecule has 0 unspecified atom stereocenters. The predicted octanol–water partition coefficient (Wildman–Crippen LogP) is 3.82. The van der Waals surface area contributed by atoms with Gasteiger partial charge in [0.15, 0.2) is 0 Å². The molecule has 0 fully saturated rings. The lowest BCUT2D eigenvalue weighted by atomic mass is 9.99. The Morgan fingerprint density at radius 3 is 2.72 bits per heavy atom. The Morgan fingerprint density at radius 2 is 2.00 bits per heavy atom. The lowest BCUT2D eigenvalue weighted by molar-refractivity contribution is 0.0697. The maximum Gasteiger partial charge on any atom is 0.335 e. The highest BCUT2D eigenvalue weighted by Gasteiger charge is 2.17. The van der Waals surface area contributed by atoms with E-state index in [2.05, 4.69) is 4.98 Å². The number of aryl methyl sites for hydroxylation is 1. The number of carbonyl (C=O) groups is 1. The molecule has 0 spiro atoms. The number of para-hydroxylation sites is 1. The zero-order valence-electron chi connectivity index (χ0n) is 14.2. The Balaban J connectivity index is 2.19. The summed E-state index contributed by atoms with van der Waals surface area (Å²) in [5.41, 5.74) is 9.91. The molecule has 0 aliphatic carbocycles. The van der Waals surface area contributed by atoms with Crippen molar-refractivity contribution in [3.05, 3.63) is 53.6 Å². The van der Waals surface area contributed by atoms with E-state index in [9.17, 15) is 9.90 Å². The van der Waals surface area contributed by atoms with Crippen LogP contribution in [0.4, 0.5) is 0 Å². The van der Waals surface area contributed by atoms with E-state index in [1.54, 1.807) is 19.2 Å². The van der Waals surface area contributed by atoms with Crippen molar-refractivity contribution in [1.29, 1.82) is 0 Å². The Labute approximate surface area is 146 Å². The number of fused-ring (bicyclic) bond motifs is 1. The quantitative estimate of drug-likeness (QED) is 0.571. The minimum Gasteiger partial charge on any atom is -0.496 e. The van der Waals surface area contributed by atoms with E-state index in [0.29, 0.717) is 6.54 Å². The van der Waals surface area contributed by atoms with Crippen molar-refractivity contribution in [2.24, 2.45) is 5.73 Å². The number of H-pyrrole nitrogens is 1. The van der Waals surface area contributed by atoms with Gasteiger partial charge in [-0.3, -0.25) is 0 Å². The van der Waals surface area contributed by atoms with E-state index in [-0.39, 0.29) is 5.56 Å². The second kappa shape index (κ2) is 7.40. The van der Waals surface area contributed by atoms with Gasteiger partial charge >= 0.3 is 5.97 Å². The fraction of sp³-hybridized carbons (Fsp3) is 0.250. The number of nitrogens with two attached hydrogens (primary N) is 1. The number of carboxylic acids is 1. The molecule has 0 amide bonds. The molecule has 0 aliphatic rings. The molecule has 1 aromatic heterocycles. The second-order valence-electron chi connectivity index (χ2n) is 5.99. The SMILES string of the molecule is COc1ccccc1-c1[nH]c2ccc(C(=O)O)cc2c1CCCCN. The highest BCUT2D eigenvalue weighted by atomic mass is 16.5. The van der Waals surface area contributed by atoms with Crippen LogP contribution in [0.5, 0.6) is 5.75 Å². The summed E-state index contributed by atoms with van der Waals surface area (Å²) in [5.74, 6) is -0.137. The van der Waals surface area contributed by atoms with Crippen molar-refractivity contribution in [1.82, 2.24) is 4.98 Å². The molecule has 4 N–H and O–H groups in total. The number of hydrogen-bond donors (Lipinski definition) is 3. The van der Waals surface area contributed by atoms with Crippen molar-refractivity contribution in [3.8, 4) is 17.0 Å². The molecule has 0 atom stereocenters. The van der Waals surface area contributed by atoms with Gasteiger partial charge in [0.25, 0.3) is 0 Å². The number of carboxylic acid groups (broad SMARTS) is 1. The molecule has 0 bridgehead atoms. The first kappa shape index (κ1) is 17.0. The van der Waals surface area contributed by atoms with Gasteiger partial charge in [0.2, 0.25) is 0 Å². The van der Waals surface area contributed by atoms with E-state index in [1.807, 2.05) is 30.3 Å². The molecule has 25 heavy (non-hydrogen) atoms. The van der Waals surface area contributed by atoms with Crippen molar-refractivity contribution in [3.63, 3.8) is 0 Å². The molecule has 2 aromatic carbocycles. The van der Waals surface area contributed by atoms with Crippen molar-refractivity contribution in [2.75, 3.05) is 13.7 Å². The van der Waals surface area contributed by atoms with Gasteiger partial charge in [-0.15, -0.1) is 0 Å². The third-order valence-corrected chi connectivity index (χ3v) is 4.41. The number of aromatic nitrogens is 1. The third kappa shape index (κ3) is 3.37. The zero-order chi connectivity index (χ0) is 17.8. The summed E-state index contributed by atoms with van der Waals surface area (Å²) < 4.78 is 5.50. The van der Waals surface area contributed by atoms with Gasteiger partial charge in [-0.25, -0.2) is 4.79 Å². The summed E-state index contributed by atoms with van der Waals surface area (Å²) in [4.78, 5) is 14.8. The number of nitrogens with one attached hydrogen (secondary N) is 1. The van der Waals surface area contributed by atoms with Crippen LogP contribution in [0.15, 0.2) is 42.5 Å². The summed E-state index contributed by atoms with van der Waals surface area (Å²) in [7, 11) is 1.65. The van der Waals surface area contributed by atoms with Crippen molar-refractivity contribution < 1.29 is 14.6 Å². The average molecular weight is 338 g/mol. The van der Waals surface area contributed by atoms with Crippen LogP contribution in [0.3, 0.4) is 0 Å². The van der Waals surface area contributed by atoms with E-state index in [4.69, 9.17) is 10.5 Å². The number of benzene rings is 2. The molecule has 1 heterocycles. The molecule has 5 heteroatoms. The first-order valence-electron chi connectivity index (χ1n) is 8.37. The number of aromatic carboxylic acids is 1. The minimum atomic E-state index is -0.921. The fourth-order valence-electron chi connectivity index (χ4n) is 3.17. The smallest absolute Gasteiger partial charge is 0.335 e. The molecule has 0 aliphatic heterocycles. The first-order chi connectivity index (χ1) is 12.2. The summed E-state index contributed by atoms with van der Waals surface area (Å²) in [5, 5.41) is 10.3. The monoisotopic (exact) mass is 338 g/mol. The van der Waals surface area contributed by atoms with Crippen LogP contribution >= 0.6 is 0 Å². The normalized spacial score (nSPS) is 11.0. The number of ether oxygens (including phenoxy) is 1. The Morgan fingerprint density at radius 1 is 1.20 bits per heavy atom. The molecule has 0 saturated heterocycles. The van der Waals surface area contributed by atoms with Gasteiger partial charge in [-0.2, -0.15) is 0 Å². The number of rotatable bonds is 7. The van der Waals surface area contributed by atoms with Gasteiger partial charge in [-0.1, -0.05) is 12.1 Å². The standard InChI is InChI=1S/C20H22N2O3/c1-25-18-8-3-2-7-15(18)19-14(6-4-5-11-21)16-12-13(20(23)24)9-10-17(16)22-19/h2-3,7-10,12,22H,4-6,11,21H2,1H3,(H,23,24). The third-order valence-electron chi connectivity index (χ3n) is 4.41. The predicted molar refractivity (Wildman–Crippen MR) is 99.2 cm³/mol. The van der Waals surface area contributed by atoms with Crippen LogP contribution in [0, 0.1) is 0 Å². The van der Waals surface area contributed by atoms with E-state index < -0.39 is 5.97 Å². The average Bonchev–Trinajstić information content (AvgIpc) is 2.99. The van der Waals surface area contributed by atoms with Crippen molar-refractivity contribution in [2.45, 2.75) is 19.3 Å². The Bertz CT molecular complexity index is 899. The lowest BCUT2D eigenvalue weighted by Gasteiger charge is -2.09. The highest BCUT2D eigenvalue weighted by Crippen LogP contribution is 2.36. The maximum absolute atomic E-state index is 11.3. The summed E-state index contributed by atoms with van der Waals surface area (Å²) in [6.07, 6.45) is 2.70. The summed E-state index contributed by atoms with van der Waals surface area (Å²) in [6, 6.07) is 13.0. The highest BCUT2D eigenvalue weighted by molar-refractivity contribution is 5.98. The van der Waals surface area contributed by atoms with Crippen LogP contribution < -0.4 is 10.5 Å². The van der Waals surface area contributed by atoms with Gasteiger partial charge < -0.3 is 20.6 Å². The second-order valence-corrected chi connectivity index (χ2v) is 5.99. The Hall–Kier alpha value is -2.79. The first-order valence-corrected chi connectivity index (χ1v) is 8.37.